The molecule has 36 heavy (non-hydrogen) atoms. The molecule has 9 nitrogen and oxygen atoms in total. The van der Waals surface area contributed by atoms with Crippen LogP contribution < -0.4 is 10.2 Å². The second kappa shape index (κ2) is 11.7. The summed E-state index contributed by atoms with van der Waals surface area (Å²) in [5.41, 5.74) is 4.53. The van der Waals surface area contributed by atoms with Crippen molar-refractivity contribution >= 4 is 17.3 Å². The van der Waals surface area contributed by atoms with Crippen LogP contribution in [-0.4, -0.2) is 92.4 Å². The van der Waals surface area contributed by atoms with Gasteiger partial charge in [-0.3, -0.25) is 0 Å². The van der Waals surface area contributed by atoms with E-state index in [2.05, 4.69) is 39.7 Å². The van der Waals surface area contributed by atoms with Crippen LogP contribution in [-0.2, 0) is 14.2 Å². The van der Waals surface area contributed by atoms with Gasteiger partial charge in [-0.15, -0.1) is 0 Å². The van der Waals surface area contributed by atoms with Crippen molar-refractivity contribution in [1.29, 1.82) is 0 Å². The highest BCUT2D eigenvalue weighted by Crippen LogP contribution is 2.28. The zero-order chi connectivity index (χ0) is 24.7. The van der Waals surface area contributed by atoms with Gasteiger partial charge in [0.1, 0.15) is 0 Å². The zero-order valence-corrected chi connectivity index (χ0v) is 20.8. The number of ether oxygens (including phenoxy) is 3. The van der Waals surface area contributed by atoms with Crippen LogP contribution in [0.4, 0.5) is 10.5 Å². The monoisotopic (exact) mass is 493 g/mol. The van der Waals surface area contributed by atoms with E-state index in [1.165, 1.54) is 24.9 Å². The number of carbonyl (C=O) groups is 1. The first-order chi connectivity index (χ1) is 17.7. The van der Waals surface area contributed by atoms with E-state index >= 15 is 0 Å². The van der Waals surface area contributed by atoms with Crippen molar-refractivity contribution < 1.29 is 19.0 Å². The van der Waals surface area contributed by atoms with Crippen LogP contribution in [0.15, 0.2) is 54.9 Å². The normalized spacial score (nSPS) is 20.4. The molecule has 2 aromatic heterocycles. The lowest BCUT2D eigenvalue weighted by Crippen LogP contribution is -2.51. The van der Waals surface area contributed by atoms with E-state index in [0.717, 1.165) is 36.4 Å². The number of nitrogens with zero attached hydrogens (tertiary/aromatic N) is 4. The highest BCUT2D eigenvalue weighted by Gasteiger charge is 2.28. The molecule has 0 saturated carbocycles. The van der Waals surface area contributed by atoms with E-state index in [-0.39, 0.29) is 12.2 Å². The van der Waals surface area contributed by atoms with Crippen molar-refractivity contribution in [3.8, 4) is 11.1 Å². The number of benzene rings is 1. The summed E-state index contributed by atoms with van der Waals surface area (Å²) in [5, 5.41) is 7.73. The van der Waals surface area contributed by atoms with Crippen LogP contribution in [0.5, 0.6) is 0 Å². The molecular formula is C27H35N5O4. The molecule has 3 aliphatic heterocycles. The number of rotatable bonds is 4. The van der Waals surface area contributed by atoms with Gasteiger partial charge in [-0.05, 0) is 37.1 Å². The van der Waals surface area contributed by atoms with Gasteiger partial charge in [-0.1, -0.05) is 30.3 Å². The van der Waals surface area contributed by atoms with Crippen molar-refractivity contribution in [2.75, 3.05) is 64.5 Å². The molecule has 3 aliphatic rings. The minimum Gasteiger partial charge on any atom is -0.441 e. The molecule has 1 N–H and O–H groups in total. The number of piperazine rings is 1. The molecule has 0 radical (unpaired) electrons. The van der Waals surface area contributed by atoms with Gasteiger partial charge in [0.05, 0.1) is 30.5 Å². The van der Waals surface area contributed by atoms with E-state index in [1.54, 1.807) is 12.0 Å². The lowest BCUT2D eigenvalue weighted by atomic mass is 10.1. The number of carbonyl (C=O) groups excluding carboxylic acids is 1. The number of methoxy groups -OCH3 is 1. The summed E-state index contributed by atoms with van der Waals surface area (Å²) in [4.78, 5) is 16.3. The number of amides is 1. The second-order valence-electron chi connectivity index (χ2n) is 9.36. The predicted octanol–water partition coefficient (Wildman–Crippen LogP) is 3.04. The zero-order valence-electron chi connectivity index (χ0n) is 20.8. The number of fused-ring (bicyclic) bond motifs is 1. The molecule has 192 valence electrons. The van der Waals surface area contributed by atoms with Gasteiger partial charge >= 0.3 is 6.09 Å². The van der Waals surface area contributed by atoms with Crippen molar-refractivity contribution in [3.05, 3.63) is 54.9 Å². The van der Waals surface area contributed by atoms with Crippen LogP contribution in [0, 0.1) is 0 Å². The molecule has 6 rings (SSSR count). The highest BCUT2D eigenvalue weighted by atomic mass is 16.6. The maximum Gasteiger partial charge on any atom is 0.410 e. The van der Waals surface area contributed by atoms with Crippen LogP contribution >= 0.6 is 0 Å². The fourth-order valence-electron chi connectivity index (χ4n) is 4.71. The maximum absolute atomic E-state index is 12.2. The number of hydrogen-bond donors (Lipinski definition) is 1. The summed E-state index contributed by atoms with van der Waals surface area (Å²) >= 11 is 0. The summed E-state index contributed by atoms with van der Waals surface area (Å²) in [7, 11) is 1.78. The van der Waals surface area contributed by atoms with Gasteiger partial charge in [0, 0.05) is 57.8 Å². The van der Waals surface area contributed by atoms with Crippen LogP contribution in [0.25, 0.3) is 16.6 Å². The number of piperidine rings is 1. The van der Waals surface area contributed by atoms with E-state index in [9.17, 15) is 4.79 Å². The minimum atomic E-state index is -0.234. The van der Waals surface area contributed by atoms with Crippen LogP contribution in [0.1, 0.15) is 12.8 Å². The van der Waals surface area contributed by atoms with Gasteiger partial charge < -0.3 is 29.3 Å². The smallest absolute Gasteiger partial charge is 0.410 e. The molecule has 1 amide bonds. The van der Waals surface area contributed by atoms with Crippen LogP contribution in [0.3, 0.4) is 0 Å². The first-order valence-corrected chi connectivity index (χ1v) is 12.8. The minimum absolute atomic E-state index is 0.0810. The van der Waals surface area contributed by atoms with Crippen molar-refractivity contribution in [2.24, 2.45) is 0 Å². The van der Waals surface area contributed by atoms with E-state index < -0.39 is 0 Å². The second-order valence-corrected chi connectivity index (χ2v) is 9.36. The third kappa shape index (κ3) is 5.80. The molecule has 3 saturated heterocycles. The molecular weight excluding hydrogens is 458 g/mol. The Kier molecular flexibility index (Phi) is 8.00. The molecule has 0 bridgehead atoms. The van der Waals surface area contributed by atoms with Gasteiger partial charge in [0.15, 0.2) is 6.10 Å². The average Bonchev–Trinajstić information content (AvgIpc) is 3.37. The largest absolute Gasteiger partial charge is 0.441 e. The Bertz CT molecular complexity index is 1120. The molecule has 1 unspecified atom stereocenters. The first-order valence-electron chi connectivity index (χ1n) is 12.8. The number of nitrogens with one attached hydrogen (secondary N) is 1. The van der Waals surface area contributed by atoms with Gasteiger partial charge in [-0.25, -0.2) is 9.31 Å². The van der Waals surface area contributed by atoms with Gasteiger partial charge in [0.2, 0.25) is 0 Å². The third-order valence-electron chi connectivity index (χ3n) is 6.93. The maximum atomic E-state index is 12.2. The molecule has 9 heteroatoms. The summed E-state index contributed by atoms with van der Waals surface area (Å²) in [6.07, 6.45) is 6.53. The molecule has 0 spiro atoms. The standard InChI is InChI=1S/C21H22N4O3.C6H13NO/c26-21(28-18-14-27-15-18)24-10-8-23(9-11-24)19-6-7-22-25-13-17(12-20(19)25)16-4-2-1-3-5-16;1-8-6-3-2-4-7-5-6/h1-7,12-13,18H,8-11,14-15H2;6-7H,2-5H2,1H3. The molecule has 3 fully saturated rings. The molecule has 1 aromatic carbocycles. The quantitative estimate of drug-likeness (QED) is 0.598. The fraction of sp³-hybridized carbons (Fsp3) is 0.481. The summed E-state index contributed by atoms with van der Waals surface area (Å²) in [6, 6.07) is 14.5. The van der Waals surface area contributed by atoms with Crippen molar-refractivity contribution in [2.45, 2.75) is 25.0 Å². The lowest BCUT2D eigenvalue weighted by molar-refractivity contribution is -0.104. The molecule has 0 aliphatic carbocycles. The Morgan fingerprint density at radius 2 is 1.86 bits per heavy atom. The third-order valence-corrected chi connectivity index (χ3v) is 6.93. The van der Waals surface area contributed by atoms with Crippen molar-refractivity contribution in [1.82, 2.24) is 19.8 Å². The average molecular weight is 494 g/mol. The number of hydrogen-bond acceptors (Lipinski definition) is 7. The topological polar surface area (TPSA) is 80.6 Å². The Morgan fingerprint density at radius 1 is 1.06 bits per heavy atom. The summed E-state index contributed by atoms with van der Waals surface area (Å²) in [6.45, 7) is 6.05. The molecule has 1 atom stereocenters. The van der Waals surface area contributed by atoms with Crippen molar-refractivity contribution in [3.63, 3.8) is 0 Å². The Labute approximate surface area is 211 Å². The summed E-state index contributed by atoms with van der Waals surface area (Å²) in [5.74, 6) is 0. The van der Waals surface area contributed by atoms with E-state index in [1.807, 2.05) is 35.0 Å². The molecule has 5 heterocycles. The summed E-state index contributed by atoms with van der Waals surface area (Å²) < 4.78 is 17.5. The highest BCUT2D eigenvalue weighted by molar-refractivity contribution is 5.80. The fourth-order valence-corrected chi connectivity index (χ4v) is 4.71. The number of aromatic nitrogens is 2. The first kappa shape index (κ1) is 24.5. The Hall–Kier alpha value is -3.14. The van der Waals surface area contributed by atoms with E-state index in [4.69, 9.17) is 14.2 Å². The predicted molar refractivity (Wildman–Crippen MR) is 138 cm³/mol. The van der Waals surface area contributed by atoms with E-state index in [0.29, 0.717) is 32.4 Å². The number of anilines is 1. The lowest BCUT2D eigenvalue weighted by Gasteiger charge is -2.37. The van der Waals surface area contributed by atoms with Crippen LogP contribution in [0.2, 0.25) is 0 Å². The SMILES string of the molecule is COC1CCCNC1.O=C(OC1COC1)N1CCN(c2ccnn3cc(-c4ccccc4)cc23)CC1. The Balaban J connectivity index is 0.000000286. The van der Waals surface area contributed by atoms with Gasteiger partial charge in [0.25, 0.3) is 0 Å². The Morgan fingerprint density at radius 3 is 2.50 bits per heavy atom. The van der Waals surface area contributed by atoms with Gasteiger partial charge in [-0.2, -0.15) is 5.10 Å². The molecule has 3 aromatic rings.